The maximum atomic E-state index is 11.4. The second-order valence-corrected chi connectivity index (χ2v) is 4.55. The lowest BCUT2D eigenvalue weighted by Gasteiger charge is -2.14. The Bertz CT molecular complexity index is 274. The van der Waals surface area contributed by atoms with Crippen LogP contribution in [0.25, 0.3) is 0 Å². The average Bonchev–Trinajstić information content (AvgIpc) is 2.34. The highest BCUT2D eigenvalue weighted by Gasteiger charge is 2.04. The Kier molecular flexibility index (Phi) is 10.0. The average molecular weight is 255 g/mol. The third-order valence-electron chi connectivity index (χ3n) is 2.84. The number of aliphatic carboxylic acids is 1. The molecule has 0 aliphatic rings. The van der Waals surface area contributed by atoms with E-state index in [4.69, 9.17) is 5.11 Å². The summed E-state index contributed by atoms with van der Waals surface area (Å²) in [7, 11) is 1.70. The minimum atomic E-state index is -1.09. The van der Waals surface area contributed by atoms with Gasteiger partial charge in [0, 0.05) is 25.7 Å². The van der Waals surface area contributed by atoms with E-state index in [0.29, 0.717) is 6.54 Å². The van der Waals surface area contributed by atoms with Crippen LogP contribution in [0.15, 0.2) is 12.2 Å². The summed E-state index contributed by atoms with van der Waals surface area (Å²) in [5, 5.41) is 8.40. The van der Waals surface area contributed by atoms with E-state index < -0.39 is 5.97 Å². The number of carbonyl (C=O) groups is 2. The van der Waals surface area contributed by atoms with Crippen molar-refractivity contribution in [2.75, 3.05) is 13.6 Å². The van der Waals surface area contributed by atoms with Crippen LogP contribution in [0.4, 0.5) is 0 Å². The predicted octanol–water partition coefficient (Wildman–Crippen LogP) is 2.84. The molecule has 0 unspecified atom stereocenters. The van der Waals surface area contributed by atoms with Crippen molar-refractivity contribution in [1.82, 2.24) is 4.90 Å². The third-order valence-corrected chi connectivity index (χ3v) is 2.84. The number of amides is 1. The van der Waals surface area contributed by atoms with Gasteiger partial charge in [-0.05, 0) is 6.42 Å². The van der Waals surface area contributed by atoms with Gasteiger partial charge in [0.1, 0.15) is 0 Å². The molecule has 0 aromatic rings. The lowest BCUT2D eigenvalue weighted by atomic mass is 10.1. The fourth-order valence-electron chi connectivity index (χ4n) is 1.69. The molecule has 0 rings (SSSR count). The summed E-state index contributed by atoms with van der Waals surface area (Å²) in [6.07, 6.45) is 10.4. The second kappa shape index (κ2) is 10.8. The van der Waals surface area contributed by atoms with Crippen molar-refractivity contribution in [3.63, 3.8) is 0 Å². The summed E-state index contributed by atoms with van der Waals surface area (Å²) in [6.45, 7) is 2.89. The minimum absolute atomic E-state index is 0.247. The number of hydrogen-bond acceptors (Lipinski definition) is 2. The number of likely N-dealkylation sites (N-methyl/N-ethyl adjacent to an activating group) is 1. The normalized spacial score (nSPS) is 10.8. The van der Waals surface area contributed by atoms with E-state index in [1.807, 2.05) is 0 Å². The number of carboxylic acids is 1. The Labute approximate surface area is 110 Å². The molecule has 18 heavy (non-hydrogen) atoms. The Morgan fingerprint density at radius 1 is 1.00 bits per heavy atom. The first-order chi connectivity index (χ1) is 8.57. The summed E-state index contributed by atoms with van der Waals surface area (Å²) >= 11 is 0. The molecule has 0 aliphatic carbocycles. The Hall–Kier alpha value is -1.32. The monoisotopic (exact) mass is 255 g/mol. The van der Waals surface area contributed by atoms with Crippen LogP contribution in [0.1, 0.15) is 51.9 Å². The van der Waals surface area contributed by atoms with Crippen molar-refractivity contribution in [3.8, 4) is 0 Å². The van der Waals surface area contributed by atoms with Gasteiger partial charge < -0.3 is 10.0 Å². The topological polar surface area (TPSA) is 57.6 Å². The second-order valence-electron chi connectivity index (χ2n) is 4.55. The smallest absolute Gasteiger partial charge is 0.328 e. The van der Waals surface area contributed by atoms with E-state index in [1.54, 1.807) is 11.9 Å². The van der Waals surface area contributed by atoms with Gasteiger partial charge in [0.25, 0.3) is 0 Å². The predicted molar refractivity (Wildman–Crippen MR) is 72.4 cm³/mol. The molecule has 0 fully saturated rings. The van der Waals surface area contributed by atoms with Crippen LogP contribution < -0.4 is 0 Å². The van der Waals surface area contributed by atoms with Crippen LogP contribution in [0, 0.1) is 0 Å². The molecule has 4 nitrogen and oxygen atoms in total. The molecule has 0 spiro atoms. The van der Waals surface area contributed by atoms with Crippen molar-refractivity contribution in [2.45, 2.75) is 51.9 Å². The largest absolute Gasteiger partial charge is 0.478 e. The molecule has 1 N–H and O–H groups in total. The van der Waals surface area contributed by atoms with Gasteiger partial charge in [-0.25, -0.2) is 4.79 Å². The third kappa shape index (κ3) is 9.87. The molecule has 0 saturated carbocycles. The van der Waals surface area contributed by atoms with Gasteiger partial charge in [-0.3, -0.25) is 4.79 Å². The number of nitrogens with zero attached hydrogens (tertiary/aromatic N) is 1. The fraction of sp³-hybridized carbons (Fsp3) is 0.714. The number of carbonyl (C=O) groups excluding carboxylic acids is 1. The summed E-state index contributed by atoms with van der Waals surface area (Å²) in [5.41, 5.74) is 0. The van der Waals surface area contributed by atoms with Gasteiger partial charge in [0.05, 0.1) is 0 Å². The molecule has 0 aliphatic heterocycles. The molecule has 0 aromatic heterocycles. The van der Waals surface area contributed by atoms with Crippen LogP contribution in [0.3, 0.4) is 0 Å². The summed E-state index contributed by atoms with van der Waals surface area (Å²) in [5.74, 6) is -1.34. The van der Waals surface area contributed by atoms with Crippen LogP contribution in [-0.2, 0) is 9.59 Å². The summed E-state index contributed by atoms with van der Waals surface area (Å²) in [4.78, 5) is 23.2. The maximum Gasteiger partial charge on any atom is 0.328 e. The van der Waals surface area contributed by atoms with Gasteiger partial charge in [0.15, 0.2) is 0 Å². The molecule has 1 amide bonds. The highest BCUT2D eigenvalue weighted by atomic mass is 16.4. The molecule has 104 valence electrons. The van der Waals surface area contributed by atoms with Crippen molar-refractivity contribution >= 4 is 11.9 Å². The maximum absolute atomic E-state index is 11.4. The molecule has 0 aromatic carbocycles. The lowest BCUT2D eigenvalue weighted by Crippen LogP contribution is -2.26. The number of hydrogen-bond donors (Lipinski definition) is 1. The van der Waals surface area contributed by atoms with Gasteiger partial charge >= 0.3 is 5.97 Å². The Balaban J connectivity index is 3.55. The van der Waals surface area contributed by atoms with Crippen molar-refractivity contribution in [1.29, 1.82) is 0 Å². The number of unbranched alkanes of at least 4 members (excludes halogenated alkanes) is 6. The quantitative estimate of drug-likeness (QED) is 0.482. The molecule has 0 radical (unpaired) electrons. The first-order valence-corrected chi connectivity index (χ1v) is 6.74. The van der Waals surface area contributed by atoms with E-state index >= 15 is 0 Å². The molecule has 0 atom stereocenters. The molecular formula is C14H25NO3. The first-order valence-electron chi connectivity index (χ1n) is 6.74. The van der Waals surface area contributed by atoms with E-state index in [1.165, 1.54) is 32.1 Å². The van der Waals surface area contributed by atoms with Crippen molar-refractivity contribution < 1.29 is 14.7 Å². The number of carboxylic acid groups (broad SMARTS) is 1. The molecule has 0 heterocycles. The standard InChI is InChI=1S/C14H25NO3/c1-3-4-5-6-7-8-9-12-15(2)13(16)10-11-14(17)18/h10-11H,3-9,12H2,1-2H3,(H,17,18)/b11-10+. The molecular weight excluding hydrogens is 230 g/mol. The fourth-order valence-corrected chi connectivity index (χ4v) is 1.69. The van der Waals surface area contributed by atoms with Gasteiger partial charge in [0.2, 0.25) is 5.91 Å². The summed E-state index contributed by atoms with van der Waals surface area (Å²) in [6, 6.07) is 0. The Morgan fingerprint density at radius 3 is 2.11 bits per heavy atom. The lowest BCUT2D eigenvalue weighted by molar-refractivity contribution is -0.132. The zero-order chi connectivity index (χ0) is 13.8. The van der Waals surface area contributed by atoms with Crippen molar-refractivity contribution in [3.05, 3.63) is 12.2 Å². The van der Waals surface area contributed by atoms with Crippen LogP contribution in [0.5, 0.6) is 0 Å². The summed E-state index contributed by atoms with van der Waals surface area (Å²) < 4.78 is 0. The van der Waals surface area contributed by atoms with Crippen LogP contribution in [0.2, 0.25) is 0 Å². The zero-order valence-corrected chi connectivity index (χ0v) is 11.5. The molecule has 4 heteroatoms. The minimum Gasteiger partial charge on any atom is -0.478 e. The Morgan fingerprint density at radius 2 is 1.56 bits per heavy atom. The van der Waals surface area contributed by atoms with E-state index in [2.05, 4.69) is 6.92 Å². The first kappa shape index (κ1) is 16.7. The highest BCUT2D eigenvalue weighted by molar-refractivity contribution is 5.93. The van der Waals surface area contributed by atoms with Gasteiger partial charge in [-0.15, -0.1) is 0 Å². The van der Waals surface area contributed by atoms with Gasteiger partial charge in [-0.2, -0.15) is 0 Å². The van der Waals surface area contributed by atoms with E-state index in [9.17, 15) is 9.59 Å². The van der Waals surface area contributed by atoms with E-state index in [0.717, 1.165) is 25.0 Å². The molecule has 0 bridgehead atoms. The van der Waals surface area contributed by atoms with E-state index in [-0.39, 0.29) is 5.91 Å². The highest BCUT2D eigenvalue weighted by Crippen LogP contribution is 2.07. The molecule has 0 saturated heterocycles. The van der Waals surface area contributed by atoms with Gasteiger partial charge in [-0.1, -0.05) is 45.4 Å². The zero-order valence-electron chi connectivity index (χ0n) is 11.5. The number of rotatable bonds is 10. The van der Waals surface area contributed by atoms with Crippen LogP contribution >= 0.6 is 0 Å². The SMILES string of the molecule is CCCCCCCCCN(C)C(=O)/C=C/C(=O)O. The van der Waals surface area contributed by atoms with Crippen LogP contribution in [-0.4, -0.2) is 35.5 Å². The van der Waals surface area contributed by atoms with Crippen molar-refractivity contribution in [2.24, 2.45) is 0 Å².